The lowest BCUT2D eigenvalue weighted by atomic mass is 10.0. The van der Waals surface area contributed by atoms with E-state index < -0.39 is 6.04 Å². The molecule has 9 heteroatoms. The molecule has 4 N–H and O–H groups in total. The van der Waals surface area contributed by atoms with Gasteiger partial charge in [-0.15, -0.1) is 0 Å². The van der Waals surface area contributed by atoms with Gasteiger partial charge in [-0.25, -0.2) is 0 Å². The highest BCUT2D eigenvalue weighted by Gasteiger charge is 2.28. The summed E-state index contributed by atoms with van der Waals surface area (Å²) >= 11 is 0. The highest BCUT2D eigenvalue weighted by atomic mass is 16.5. The van der Waals surface area contributed by atoms with Gasteiger partial charge in [-0.1, -0.05) is 18.2 Å². The molecule has 2 aliphatic carbocycles. The van der Waals surface area contributed by atoms with Gasteiger partial charge >= 0.3 is 5.97 Å². The number of ether oxygens (including phenoxy) is 3. The molecule has 1 unspecified atom stereocenters. The lowest BCUT2D eigenvalue weighted by Gasteiger charge is -2.18. The molecule has 0 aliphatic heterocycles. The maximum Gasteiger partial charge on any atom is 0.323 e. The third-order valence-electron chi connectivity index (χ3n) is 8.22. The molecule has 2 fully saturated rings. The van der Waals surface area contributed by atoms with Crippen molar-refractivity contribution in [2.24, 2.45) is 5.73 Å². The molecule has 0 saturated heterocycles. The van der Waals surface area contributed by atoms with Crippen LogP contribution in [0.15, 0.2) is 72.9 Å². The zero-order valence-electron chi connectivity index (χ0n) is 24.9. The molecule has 4 aromatic rings. The average molecular weight is 595 g/mol. The Kier molecular flexibility index (Phi) is 8.93. The third-order valence-corrected chi connectivity index (χ3v) is 8.22. The largest absolute Gasteiger partial charge is 0.493 e. The normalized spacial score (nSPS) is 15.5. The number of nitrogens with zero attached hydrogens (tertiary/aromatic N) is 1. The van der Waals surface area contributed by atoms with Gasteiger partial charge in [0.25, 0.3) is 5.91 Å². The van der Waals surface area contributed by atoms with Crippen LogP contribution in [0.4, 0.5) is 17.1 Å². The maximum absolute atomic E-state index is 12.6. The van der Waals surface area contributed by atoms with Gasteiger partial charge in [0.1, 0.15) is 12.1 Å². The van der Waals surface area contributed by atoms with Crippen molar-refractivity contribution in [3.8, 4) is 11.5 Å². The number of methoxy groups -OCH3 is 1. The molecule has 1 aromatic heterocycles. The molecule has 0 radical (unpaired) electrons. The molecule has 6 rings (SSSR count). The fourth-order valence-electron chi connectivity index (χ4n) is 5.58. The number of esters is 1. The van der Waals surface area contributed by atoms with Gasteiger partial charge in [0.05, 0.1) is 24.9 Å². The van der Waals surface area contributed by atoms with Gasteiger partial charge in [0.15, 0.2) is 11.5 Å². The van der Waals surface area contributed by atoms with Crippen molar-refractivity contribution in [3.05, 3.63) is 84.1 Å². The first-order chi connectivity index (χ1) is 21.5. The van der Waals surface area contributed by atoms with Gasteiger partial charge in [0.2, 0.25) is 0 Å². The van der Waals surface area contributed by atoms with Crippen molar-refractivity contribution in [2.45, 2.75) is 63.0 Å². The average Bonchev–Trinajstić information content (AvgIpc) is 3.77. The van der Waals surface area contributed by atoms with Crippen LogP contribution in [0, 0.1) is 0 Å². The highest BCUT2D eigenvalue weighted by molar-refractivity contribution is 6.04. The highest BCUT2D eigenvalue weighted by Crippen LogP contribution is 2.47. The first kappa shape index (κ1) is 29.4. The lowest BCUT2D eigenvalue weighted by Crippen LogP contribution is -2.35. The van der Waals surface area contributed by atoms with Crippen LogP contribution in [0.2, 0.25) is 0 Å². The first-order valence-corrected chi connectivity index (χ1v) is 15.3. The van der Waals surface area contributed by atoms with E-state index in [0.29, 0.717) is 35.1 Å². The summed E-state index contributed by atoms with van der Waals surface area (Å²) < 4.78 is 17.3. The van der Waals surface area contributed by atoms with E-state index in [1.54, 1.807) is 19.2 Å². The molecule has 0 spiro atoms. The Morgan fingerprint density at radius 3 is 2.39 bits per heavy atom. The summed E-state index contributed by atoms with van der Waals surface area (Å²) in [6.07, 6.45) is 8.49. The number of amides is 1. The number of nitrogens with two attached hydrogens (primary N) is 1. The Labute approximate surface area is 257 Å². The molecule has 2 saturated carbocycles. The van der Waals surface area contributed by atoms with Gasteiger partial charge in [-0.3, -0.25) is 14.6 Å². The van der Waals surface area contributed by atoms with Crippen LogP contribution >= 0.6 is 0 Å². The topological polar surface area (TPSA) is 125 Å². The van der Waals surface area contributed by atoms with Crippen molar-refractivity contribution < 1.29 is 23.8 Å². The van der Waals surface area contributed by atoms with Gasteiger partial charge in [-0.2, -0.15) is 0 Å². The van der Waals surface area contributed by atoms with Crippen molar-refractivity contribution in [3.63, 3.8) is 0 Å². The second-order valence-corrected chi connectivity index (χ2v) is 11.5. The van der Waals surface area contributed by atoms with Crippen molar-refractivity contribution in [1.82, 2.24) is 4.98 Å². The Bertz CT molecular complexity index is 1620. The molecule has 0 bridgehead atoms. The van der Waals surface area contributed by atoms with E-state index in [9.17, 15) is 9.59 Å². The number of rotatable bonds is 12. The number of carbonyl (C=O) groups excluding carboxylic acids is 2. The number of hydrogen-bond acceptors (Lipinski definition) is 8. The van der Waals surface area contributed by atoms with E-state index >= 15 is 0 Å². The van der Waals surface area contributed by atoms with Gasteiger partial charge in [0, 0.05) is 41.0 Å². The summed E-state index contributed by atoms with van der Waals surface area (Å²) in [4.78, 5) is 29.7. The van der Waals surface area contributed by atoms with Crippen molar-refractivity contribution >= 4 is 39.8 Å². The van der Waals surface area contributed by atoms with Gasteiger partial charge in [-0.05, 0) is 92.5 Å². The minimum atomic E-state index is -0.741. The van der Waals surface area contributed by atoms with E-state index in [1.165, 1.54) is 0 Å². The monoisotopic (exact) mass is 594 g/mol. The molecule has 1 atom stereocenters. The number of nitrogens with one attached hydrogen (secondary N) is 2. The minimum Gasteiger partial charge on any atom is -0.493 e. The van der Waals surface area contributed by atoms with Crippen LogP contribution in [0.5, 0.6) is 11.5 Å². The summed E-state index contributed by atoms with van der Waals surface area (Å²) in [7, 11) is 1.60. The standard InChI is InChI=1S/C35H38N4O5/c1-42-31-19-27-30(20-32(31)43-18-17-29(36)35(41)44-26-9-5-6-10-26)37-21-28(22-11-12-22)33(27)38-24-13-15-25(16-14-24)39-34(40)23-7-3-2-4-8-23/h2-4,7-8,13-16,19-22,26,29H,5-6,9-12,17-18,36H2,1H3,(H,37,38)(H,39,40). The van der Waals surface area contributed by atoms with Crippen LogP contribution in [0.1, 0.15) is 66.8 Å². The second-order valence-electron chi connectivity index (χ2n) is 11.5. The molecule has 2 aliphatic rings. The fourth-order valence-corrected chi connectivity index (χ4v) is 5.58. The molecule has 9 nitrogen and oxygen atoms in total. The molecule has 228 valence electrons. The summed E-state index contributed by atoms with van der Waals surface area (Å²) in [6, 6.07) is 19.8. The number of fused-ring (bicyclic) bond motifs is 1. The van der Waals surface area contributed by atoms with E-state index in [-0.39, 0.29) is 24.6 Å². The Balaban J connectivity index is 1.16. The Morgan fingerprint density at radius 2 is 1.68 bits per heavy atom. The first-order valence-electron chi connectivity index (χ1n) is 15.3. The number of pyridine rings is 1. The zero-order valence-corrected chi connectivity index (χ0v) is 24.9. The molecule has 1 amide bonds. The number of carbonyl (C=O) groups is 2. The molecule has 3 aromatic carbocycles. The SMILES string of the molecule is COc1cc2c(Nc3ccc(NC(=O)c4ccccc4)cc3)c(C3CC3)cnc2cc1OCCC(N)C(=O)OC1CCCC1. The van der Waals surface area contributed by atoms with E-state index in [2.05, 4.69) is 10.6 Å². The number of benzene rings is 3. The minimum absolute atomic E-state index is 0.0112. The lowest BCUT2D eigenvalue weighted by molar-refractivity contribution is -0.150. The summed E-state index contributed by atoms with van der Waals surface area (Å²) in [6.45, 7) is 0.237. The van der Waals surface area contributed by atoms with Crippen LogP contribution in [0.3, 0.4) is 0 Å². The second kappa shape index (κ2) is 13.3. The van der Waals surface area contributed by atoms with Crippen LogP contribution < -0.4 is 25.8 Å². The van der Waals surface area contributed by atoms with Crippen molar-refractivity contribution in [1.29, 1.82) is 0 Å². The van der Waals surface area contributed by atoms with Crippen LogP contribution in [-0.4, -0.2) is 42.7 Å². The van der Waals surface area contributed by atoms with Gasteiger partial charge < -0.3 is 30.6 Å². The number of hydrogen-bond donors (Lipinski definition) is 3. The van der Waals surface area contributed by atoms with E-state index in [0.717, 1.165) is 66.4 Å². The van der Waals surface area contributed by atoms with E-state index in [4.69, 9.17) is 24.9 Å². The number of anilines is 3. The summed E-state index contributed by atoms with van der Waals surface area (Å²) in [5.74, 6) is 1.02. The Hall–Kier alpha value is -4.63. The quantitative estimate of drug-likeness (QED) is 0.155. The molecule has 44 heavy (non-hydrogen) atoms. The summed E-state index contributed by atoms with van der Waals surface area (Å²) in [5.41, 5.74) is 11.2. The number of aromatic nitrogens is 1. The van der Waals surface area contributed by atoms with E-state index in [1.807, 2.05) is 60.8 Å². The summed E-state index contributed by atoms with van der Waals surface area (Å²) in [5, 5.41) is 7.46. The smallest absolute Gasteiger partial charge is 0.323 e. The fraction of sp³-hybridized carbons (Fsp3) is 0.343. The third kappa shape index (κ3) is 6.94. The molecular formula is C35H38N4O5. The predicted molar refractivity (Wildman–Crippen MR) is 171 cm³/mol. The van der Waals surface area contributed by atoms with Crippen LogP contribution in [-0.2, 0) is 9.53 Å². The van der Waals surface area contributed by atoms with Crippen LogP contribution in [0.25, 0.3) is 10.9 Å². The maximum atomic E-state index is 12.6. The Morgan fingerprint density at radius 1 is 0.955 bits per heavy atom. The molecule has 1 heterocycles. The predicted octanol–water partition coefficient (Wildman–Crippen LogP) is 6.70. The molecular weight excluding hydrogens is 556 g/mol. The zero-order chi connectivity index (χ0) is 30.5. The van der Waals surface area contributed by atoms with Crippen molar-refractivity contribution in [2.75, 3.05) is 24.4 Å².